The maximum Gasteiger partial charge on any atom is 0.332 e. The number of hydrogen-bond acceptors (Lipinski definition) is 5. The molecule has 2 N–H and O–H groups in total. The third-order valence-electron chi connectivity index (χ3n) is 4.46. The second-order valence-corrected chi connectivity index (χ2v) is 6.26. The molecular weight excluding hydrogens is 308 g/mol. The van der Waals surface area contributed by atoms with Crippen LogP contribution in [0.1, 0.15) is 24.0 Å². The van der Waals surface area contributed by atoms with Crippen LogP contribution in [-0.4, -0.2) is 47.3 Å². The van der Waals surface area contributed by atoms with Crippen LogP contribution in [-0.2, 0) is 16.0 Å². The zero-order chi connectivity index (χ0) is 17.4. The van der Waals surface area contributed by atoms with Gasteiger partial charge in [0.15, 0.2) is 11.8 Å². The fourth-order valence-corrected chi connectivity index (χ4v) is 3.16. The Bertz CT molecular complexity index is 764. The predicted molar refractivity (Wildman–Crippen MR) is 89.8 cm³/mol. The Morgan fingerprint density at radius 3 is 2.71 bits per heavy atom. The number of hydrogen-bond donors (Lipinski definition) is 2. The molecular formula is C18H20N2O4. The molecule has 1 aliphatic heterocycles. The number of Topliss-reactive ketones (excluding diaryl/α,β-unsaturated/α-hetero) is 1. The zero-order valence-electron chi connectivity index (χ0n) is 13.7. The van der Waals surface area contributed by atoms with Crippen molar-refractivity contribution < 1.29 is 19.9 Å². The van der Waals surface area contributed by atoms with Crippen molar-refractivity contribution in [2.45, 2.75) is 25.3 Å². The van der Waals surface area contributed by atoms with E-state index in [2.05, 4.69) is 0 Å². The lowest BCUT2D eigenvalue weighted by atomic mass is 9.88. The van der Waals surface area contributed by atoms with E-state index in [0.29, 0.717) is 29.0 Å². The Kier molecular flexibility index (Phi) is 4.15. The summed E-state index contributed by atoms with van der Waals surface area (Å²) in [6.45, 7) is 0. The highest BCUT2D eigenvalue weighted by Gasteiger charge is 2.33. The largest absolute Gasteiger partial charge is 0.479 e. The van der Waals surface area contributed by atoms with Crippen molar-refractivity contribution in [1.82, 2.24) is 5.06 Å². The molecule has 24 heavy (non-hydrogen) atoms. The highest BCUT2D eigenvalue weighted by molar-refractivity contribution is 6.06. The van der Waals surface area contributed by atoms with Crippen molar-refractivity contribution in [2.75, 3.05) is 19.0 Å². The van der Waals surface area contributed by atoms with Gasteiger partial charge < -0.3 is 10.0 Å². The first-order chi connectivity index (χ1) is 11.4. The summed E-state index contributed by atoms with van der Waals surface area (Å²) in [6.07, 6.45) is 4.67. The molecule has 1 aromatic rings. The van der Waals surface area contributed by atoms with Gasteiger partial charge in [-0.2, -0.15) is 0 Å². The van der Waals surface area contributed by atoms with Gasteiger partial charge in [-0.05, 0) is 36.6 Å². The minimum Gasteiger partial charge on any atom is -0.479 e. The SMILES string of the molecule is CN(C)c1ccc2c(c1)CCCC(=O)C1=C2N(O)C(C(=O)O)C=C1. The first kappa shape index (κ1) is 16.3. The van der Waals surface area contributed by atoms with E-state index in [1.165, 1.54) is 12.2 Å². The third kappa shape index (κ3) is 2.69. The average Bonchev–Trinajstić information content (AvgIpc) is 2.52. The van der Waals surface area contributed by atoms with Gasteiger partial charge in [-0.1, -0.05) is 12.1 Å². The van der Waals surface area contributed by atoms with Crippen LogP contribution in [0.4, 0.5) is 5.69 Å². The molecule has 0 saturated heterocycles. The lowest BCUT2D eigenvalue weighted by Crippen LogP contribution is -2.39. The Balaban J connectivity index is 2.19. The lowest BCUT2D eigenvalue weighted by Gasteiger charge is -2.32. The van der Waals surface area contributed by atoms with E-state index < -0.39 is 12.0 Å². The van der Waals surface area contributed by atoms with Gasteiger partial charge in [-0.25, -0.2) is 9.86 Å². The molecule has 1 aromatic carbocycles. The van der Waals surface area contributed by atoms with Crippen LogP contribution in [0, 0.1) is 0 Å². The molecule has 1 atom stereocenters. The molecule has 1 aliphatic carbocycles. The Labute approximate surface area is 140 Å². The number of allylic oxidation sites excluding steroid dienone is 2. The molecule has 3 rings (SSSR count). The molecule has 0 aromatic heterocycles. The van der Waals surface area contributed by atoms with Crippen molar-refractivity contribution in [3.63, 3.8) is 0 Å². The number of fused-ring (bicyclic) bond motifs is 2. The number of carbonyl (C=O) groups excluding carboxylic acids is 1. The van der Waals surface area contributed by atoms with E-state index in [9.17, 15) is 19.9 Å². The van der Waals surface area contributed by atoms with E-state index in [1.54, 1.807) is 0 Å². The van der Waals surface area contributed by atoms with Gasteiger partial charge in [0.05, 0.1) is 5.70 Å². The van der Waals surface area contributed by atoms with Gasteiger partial charge in [0.1, 0.15) is 0 Å². The van der Waals surface area contributed by atoms with Gasteiger partial charge in [-0.15, -0.1) is 0 Å². The number of carbonyl (C=O) groups is 2. The fourth-order valence-electron chi connectivity index (χ4n) is 3.16. The van der Waals surface area contributed by atoms with Crippen molar-refractivity contribution in [2.24, 2.45) is 0 Å². The summed E-state index contributed by atoms with van der Waals surface area (Å²) in [5.74, 6) is -1.24. The number of aliphatic carboxylic acids is 1. The average molecular weight is 328 g/mol. The minimum absolute atomic E-state index is 0.0773. The summed E-state index contributed by atoms with van der Waals surface area (Å²) in [7, 11) is 3.89. The van der Waals surface area contributed by atoms with Crippen LogP contribution in [0.25, 0.3) is 5.70 Å². The van der Waals surface area contributed by atoms with Gasteiger partial charge in [0, 0.05) is 37.3 Å². The standard InChI is InChI=1S/C18H20N2O4/c1-19(2)12-6-7-13-11(10-12)4-3-5-16(21)14-8-9-15(18(22)23)20(24)17(13)14/h6-10,15,24H,3-5H2,1-2H3,(H,22,23). The van der Waals surface area contributed by atoms with Crippen LogP contribution in [0.5, 0.6) is 0 Å². The van der Waals surface area contributed by atoms with E-state index in [-0.39, 0.29) is 11.5 Å². The van der Waals surface area contributed by atoms with E-state index >= 15 is 0 Å². The molecule has 0 radical (unpaired) electrons. The summed E-state index contributed by atoms with van der Waals surface area (Å²) in [6, 6.07) is 4.58. The monoisotopic (exact) mass is 328 g/mol. The molecule has 0 spiro atoms. The van der Waals surface area contributed by atoms with Gasteiger partial charge in [0.25, 0.3) is 0 Å². The maximum absolute atomic E-state index is 12.4. The summed E-state index contributed by atoms with van der Waals surface area (Å²) >= 11 is 0. The van der Waals surface area contributed by atoms with Gasteiger partial charge in [0.2, 0.25) is 0 Å². The van der Waals surface area contributed by atoms with Crippen LogP contribution in [0.3, 0.4) is 0 Å². The summed E-state index contributed by atoms with van der Waals surface area (Å²) in [5.41, 5.74) is 3.39. The molecule has 1 unspecified atom stereocenters. The highest BCUT2D eigenvalue weighted by atomic mass is 16.5. The number of nitrogens with zero attached hydrogens (tertiary/aromatic N) is 2. The van der Waals surface area contributed by atoms with Crippen molar-refractivity contribution in [3.8, 4) is 0 Å². The molecule has 0 bridgehead atoms. The van der Waals surface area contributed by atoms with Crippen LogP contribution >= 0.6 is 0 Å². The normalized spacial score (nSPS) is 20.2. The van der Waals surface area contributed by atoms with Gasteiger partial charge in [-0.3, -0.25) is 10.0 Å². The number of hydroxylamine groups is 2. The molecule has 6 heteroatoms. The van der Waals surface area contributed by atoms with E-state index in [1.807, 2.05) is 37.2 Å². The quantitative estimate of drug-likeness (QED) is 0.865. The van der Waals surface area contributed by atoms with Gasteiger partial charge >= 0.3 is 5.97 Å². The smallest absolute Gasteiger partial charge is 0.332 e. The Morgan fingerprint density at radius 2 is 2.04 bits per heavy atom. The predicted octanol–water partition coefficient (Wildman–Crippen LogP) is 2.08. The number of ketones is 1. The van der Waals surface area contributed by atoms with Crippen LogP contribution in [0.2, 0.25) is 0 Å². The lowest BCUT2D eigenvalue weighted by molar-refractivity contribution is -0.151. The third-order valence-corrected chi connectivity index (χ3v) is 4.46. The second-order valence-electron chi connectivity index (χ2n) is 6.26. The number of rotatable bonds is 2. The van der Waals surface area contributed by atoms with Crippen molar-refractivity contribution in [3.05, 3.63) is 47.1 Å². The topological polar surface area (TPSA) is 81.1 Å². The first-order valence-electron chi connectivity index (χ1n) is 7.87. The Morgan fingerprint density at radius 1 is 1.29 bits per heavy atom. The zero-order valence-corrected chi connectivity index (χ0v) is 13.7. The molecule has 0 saturated carbocycles. The highest BCUT2D eigenvalue weighted by Crippen LogP contribution is 2.35. The second kappa shape index (κ2) is 6.13. The molecule has 1 heterocycles. The molecule has 126 valence electrons. The summed E-state index contributed by atoms with van der Waals surface area (Å²) in [5, 5.41) is 20.5. The van der Waals surface area contributed by atoms with E-state index in [4.69, 9.17) is 0 Å². The molecule has 2 aliphatic rings. The molecule has 0 fully saturated rings. The fraction of sp³-hybridized carbons (Fsp3) is 0.333. The number of carboxylic acid groups (broad SMARTS) is 1. The number of aryl methyl sites for hydroxylation is 1. The minimum atomic E-state index is -1.20. The van der Waals surface area contributed by atoms with Crippen molar-refractivity contribution >= 4 is 23.1 Å². The Hall–Kier alpha value is -2.60. The first-order valence-corrected chi connectivity index (χ1v) is 7.87. The number of benzene rings is 1. The van der Waals surface area contributed by atoms with Crippen LogP contribution in [0.15, 0.2) is 35.9 Å². The van der Waals surface area contributed by atoms with Crippen molar-refractivity contribution in [1.29, 1.82) is 0 Å². The summed E-state index contributed by atoms with van der Waals surface area (Å²) < 4.78 is 0. The van der Waals surface area contributed by atoms with Crippen LogP contribution < -0.4 is 4.90 Å². The number of carboxylic acids is 1. The maximum atomic E-state index is 12.4. The molecule has 0 amide bonds. The molecule has 6 nitrogen and oxygen atoms in total. The van der Waals surface area contributed by atoms with E-state index in [0.717, 1.165) is 17.7 Å². The number of anilines is 1. The summed E-state index contributed by atoms with van der Waals surface area (Å²) in [4.78, 5) is 25.8.